The van der Waals surface area contributed by atoms with E-state index in [2.05, 4.69) is 31.3 Å². The van der Waals surface area contributed by atoms with Crippen molar-refractivity contribution < 1.29 is 0 Å². The summed E-state index contributed by atoms with van der Waals surface area (Å²) in [7, 11) is 2.04. The Morgan fingerprint density at radius 1 is 1.08 bits per heavy atom. The quantitative estimate of drug-likeness (QED) is 0.634. The summed E-state index contributed by atoms with van der Waals surface area (Å²) in [6, 6.07) is 0. The number of rotatable bonds is 4. The van der Waals surface area contributed by atoms with Crippen LogP contribution in [0.4, 0.5) is 0 Å². The Kier molecular flexibility index (Phi) is 3.80. The van der Waals surface area contributed by atoms with Gasteiger partial charge < -0.3 is 5.32 Å². The van der Waals surface area contributed by atoms with Crippen LogP contribution in [0, 0.1) is 17.8 Å². The summed E-state index contributed by atoms with van der Waals surface area (Å²) in [6.45, 7) is 5.74. The molecule has 0 bridgehead atoms. The molecular weight excluding hydrogens is 146 g/mol. The Bertz CT molecular complexity index is 151. The van der Waals surface area contributed by atoms with Gasteiger partial charge in [-0.15, -0.1) is 0 Å². The number of hydrogen-bond acceptors (Lipinski definition) is 1. The van der Waals surface area contributed by atoms with Crippen LogP contribution in [0.25, 0.3) is 0 Å². The molecule has 0 aliphatic heterocycles. The van der Waals surface area contributed by atoms with Gasteiger partial charge in [0.15, 0.2) is 0 Å². The lowest BCUT2D eigenvalue weighted by atomic mass is 9.84. The first-order chi connectivity index (χ1) is 5.83. The van der Waals surface area contributed by atoms with Crippen molar-refractivity contribution in [2.24, 2.45) is 17.8 Å². The van der Waals surface area contributed by atoms with E-state index in [-0.39, 0.29) is 0 Å². The highest BCUT2D eigenvalue weighted by molar-refractivity contribution is 5.06. The van der Waals surface area contributed by atoms with Gasteiger partial charge in [0, 0.05) is 6.54 Å². The first-order valence-corrected chi connectivity index (χ1v) is 5.16. The van der Waals surface area contributed by atoms with Crippen molar-refractivity contribution in [3.05, 3.63) is 12.2 Å². The van der Waals surface area contributed by atoms with E-state index in [1.807, 2.05) is 7.05 Å². The van der Waals surface area contributed by atoms with E-state index in [9.17, 15) is 0 Å². The molecule has 1 heteroatoms. The fourth-order valence-electron chi connectivity index (χ4n) is 2.39. The van der Waals surface area contributed by atoms with Crippen LogP contribution in [0.5, 0.6) is 0 Å². The fourth-order valence-corrected chi connectivity index (χ4v) is 2.39. The van der Waals surface area contributed by atoms with Crippen molar-refractivity contribution in [3.8, 4) is 0 Å². The van der Waals surface area contributed by atoms with E-state index in [0.29, 0.717) is 0 Å². The summed E-state index contributed by atoms with van der Waals surface area (Å²) >= 11 is 0. The fraction of sp³-hybridized carbons (Fsp3) is 0.818. The molecule has 3 unspecified atom stereocenters. The topological polar surface area (TPSA) is 12.0 Å². The van der Waals surface area contributed by atoms with Crippen LogP contribution in [0.1, 0.15) is 26.7 Å². The summed E-state index contributed by atoms with van der Waals surface area (Å²) in [4.78, 5) is 0. The van der Waals surface area contributed by atoms with E-state index >= 15 is 0 Å². The Morgan fingerprint density at radius 2 is 1.75 bits per heavy atom. The van der Waals surface area contributed by atoms with Gasteiger partial charge in [-0.1, -0.05) is 32.4 Å². The summed E-state index contributed by atoms with van der Waals surface area (Å²) < 4.78 is 0. The largest absolute Gasteiger partial charge is 0.319 e. The molecule has 0 saturated carbocycles. The van der Waals surface area contributed by atoms with Gasteiger partial charge in [0.25, 0.3) is 0 Å². The van der Waals surface area contributed by atoms with E-state index in [1.165, 1.54) is 12.8 Å². The molecule has 0 fully saturated rings. The molecule has 0 aromatic carbocycles. The molecule has 3 atom stereocenters. The number of nitrogens with one attached hydrogen (secondary N) is 1. The van der Waals surface area contributed by atoms with Gasteiger partial charge >= 0.3 is 0 Å². The zero-order chi connectivity index (χ0) is 8.97. The van der Waals surface area contributed by atoms with E-state index < -0.39 is 0 Å². The normalized spacial score (nSPS) is 34.4. The molecule has 0 radical (unpaired) electrons. The Hall–Kier alpha value is -0.300. The summed E-state index contributed by atoms with van der Waals surface area (Å²) in [5, 5.41) is 3.27. The maximum absolute atomic E-state index is 3.27. The second-order valence-corrected chi connectivity index (χ2v) is 3.75. The van der Waals surface area contributed by atoms with Crippen molar-refractivity contribution in [2.45, 2.75) is 26.7 Å². The molecule has 1 nitrogen and oxygen atoms in total. The third-order valence-electron chi connectivity index (χ3n) is 3.09. The van der Waals surface area contributed by atoms with Gasteiger partial charge in [0.1, 0.15) is 0 Å². The highest BCUT2D eigenvalue weighted by Gasteiger charge is 2.27. The Morgan fingerprint density at radius 3 is 2.25 bits per heavy atom. The van der Waals surface area contributed by atoms with Crippen LogP contribution < -0.4 is 5.32 Å². The molecule has 1 rings (SSSR count). The van der Waals surface area contributed by atoms with Crippen molar-refractivity contribution >= 4 is 0 Å². The predicted octanol–water partition coefficient (Wildman–Crippen LogP) is 2.44. The minimum Gasteiger partial charge on any atom is -0.319 e. The third kappa shape index (κ3) is 1.89. The van der Waals surface area contributed by atoms with E-state index in [1.54, 1.807) is 0 Å². The van der Waals surface area contributed by atoms with Gasteiger partial charge in [0.2, 0.25) is 0 Å². The first kappa shape index (κ1) is 9.79. The van der Waals surface area contributed by atoms with Crippen LogP contribution in [-0.2, 0) is 0 Å². The maximum Gasteiger partial charge on any atom is 0.00140 e. The minimum atomic E-state index is 0.782. The zero-order valence-electron chi connectivity index (χ0n) is 8.51. The monoisotopic (exact) mass is 167 g/mol. The molecule has 0 spiro atoms. The summed E-state index contributed by atoms with van der Waals surface area (Å²) in [6.07, 6.45) is 7.43. The summed E-state index contributed by atoms with van der Waals surface area (Å²) in [5.74, 6) is 2.51. The van der Waals surface area contributed by atoms with E-state index in [0.717, 1.165) is 24.3 Å². The zero-order valence-corrected chi connectivity index (χ0v) is 8.51. The molecule has 0 aromatic rings. The van der Waals surface area contributed by atoms with Crippen molar-refractivity contribution in [1.29, 1.82) is 0 Å². The molecule has 0 heterocycles. The minimum absolute atomic E-state index is 0.782. The van der Waals surface area contributed by atoms with Gasteiger partial charge in [-0.3, -0.25) is 0 Å². The molecule has 0 aromatic heterocycles. The molecule has 1 N–H and O–H groups in total. The average molecular weight is 167 g/mol. The van der Waals surface area contributed by atoms with Crippen LogP contribution in [0.15, 0.2) is 12.2 Å². The lowest BCUT2D eigenvalue weighted by molar-refractivity contribution is 0.312. The highest BCUT2D eigenvalue weighted by atomic mass is 14.8. The smallest absolute Gasteiger partial charge is 0.00140 e. The Labute approximate surface area is 76.2 Å². The van der Waals surface area contributed by atoms with Gasteiger partial charge in [-0.05, 0) is 31.2 Å². The molecule has 12 heavy (non-hydrogen) atoms. The lowest BCUT2D eigenvalue weighted by Crippen LogP contribution is -2.24. The molecule has 1 aliphatic carbocycles. The van der Waals surface area contributed by atoms with Crippen molar-refractivity contribution in [2.75, 3.05) is 13.6 Å². The third-order valence-corrected chi connectivity index (χ3v) is 3.09. The lowest BCUT2D eigenvalue weighted by Gasteiger charge is -2.22. The second kappa shape index (κ2) is 4.66. The summed E-state index contributed by atoms with van der Waals surface area (Å²) in [5.41, 5.74) is 0. The van der Waals surface area contributed by atoms with Gasteiger partial charge in [-0.2, -0.15) is 0 Å². The number of hydrogen-bond donors (Lipinski definition) is 1. The van der Waals surface area contributed by atoms with Crippen LogP contribution in [-0.4, -0.2) is 13.6 Å². The van der Waals surface area contributed by atoms with E-state index in [4.69, 9.17) is 0 Å². The van der Waals surface area contributed by atoms with Crippen LogP contribution in [0.2, 0.25) is 0 Å². The molecule has 0 saturated heterocycles. The molecule has 70 valence electrons. The number of allylic oxidation sites excluding steroid dienone is 1. The Balaban J connectivity index is 2.50. The molecular formula is C11H21N. The standard InChI is InChI=1S/C11H21N/c1-4-9-6-7-10(8-12-3)11(9)5-2/h6-7,9-12H,4-5,8H2,1-3H3. The average Bonchev–Trinajstić information content (AvgIpc) is 2.47. The SMILES string of the molecule is CCC1C=CC(CNC)C1CC. The molecule has 0 amide bonds. The predicted molar refractivity (Wildman–Crippen MR) is 54.1 cm³/mol. The highest BCUT2D eigenvalue weighted by Crippen LogP contribution is 2.34. The van der Waals surface area contributed by atoms with Crippen molar-refractivity contribution in [1.82, 2.24) is 5.32 Å². The van der Waals surface area contributed by atoms with Crippen LogP contribution in [0.3, 0.4) is 0 Å². The van der Waals surface area contributed by atoms with Gasteiger partial charge in [0.05, 0.1) is 0 Å². The molecule has 1 aliphatic rings. The van der Waals surface area contributed by atoms with Crippen molar-refractivity contribution in [3.63, 3.8) is 0 Å². The van der Waals surface area contributed by atoms with Gasteiger partial charge in [-0.25, -0.2) is 0 Å². The second-order valence-electron chi connectivity index (χ2n) is 3.75. The van der Waals surface area contributed by atoms with Crippen LogP contribution >= 0.6 is 0 Å². The first-order valence-electron chi connectivity index (χ1n) is 5.16. The maximum atomic E-state index is 3.27.